The summed E-state index contributed by atoms with van der Waals surface area (Å²) in [5.41, 5.74) is 0.451. The highest BCUT2D eigenvalue weighted by Crippen LogP contribution is 2.37. The number of methoxy groups -OCH3 is 1. The van der Waals surface area contributed by atoms with Gasteiger partial charge in [-0.1, -0.05) is 35.6 Å². The van der Waals surface area contributed by atoms with Crippen molar-refractivity contribution in [2.24, 2.45) is 0 Å². The summed E-state index contributed by atoms with van der Waals surface area (Å²) in [5, 5.41) is 18.6. The molecule has 0 radical (unpaired) electrons. The molecule has 6 nitrogen and oxygen atoms in total. The van der Waals surface area contributed by atoms with Gasteiger partial charge in [0.1, 0.15) is 10.9 Å². The lowest BCUT2D eigenvalue weighted by atomic mass is 10.2. The molecular formula is C13H10ClNO5S2. The van der Waals surface area contributed by atoms with Crippen LogP contribution in [0, 0.1) is 0 Å². The number of hydrogen-bond acceptors (Lipinski definition) is 6. The third-order valence-electron chi connectivity index (χ3n) is 2.75. The summed E-state index contributed by atoms with van der Waals surface area (Å²) in [6.07, 6.45) is 1.48. The van der Waals surface area contributed by atoms with Crippen molar-refractivity contribution in [3.05, 3.63) is 27.6 Å². The number of benzene rings is 1. The number of rotatable bonds is 4. The van der Waals surface area contributed by atoms with Crippen molar-refractivity contribution < 1.29 is 24.5 Å². The molecule has 116 valence electrons. The highest BCUT2D eigenvalue weighted by atomic mass is 35.5. The number of amides is 1. The lowest BCUT2D eigenvalue weighted by Gasteiger charge is -2.10. The van der Waals surface area contributed by atoms with Crippen molar-refractivity contribution in [1.82, 2.24) is 4.90 Å². The number of carbonyl (C=O) groups is 2. The maximum Gasteiger partial charge on any atom is 0.323 e. The van der Waals surface area contributed by atoms with E-state index in [1.807, 2.05) is 0 Å². The smallest absolute Gasteiger partial charge is 0.323 e. The highest BCUT2D eigenvalue weighted by Gasteiger charge is 2.33. The van der Waals surface area contributed by atoms with Gasteiger partial charge in [-0.15, -0.1) is 0 Å². The van der Waals surface area contributed by atoms with E-state index in [2.05, 4.69) is 0 Å². The van der Waals surface area contributed by atoms with E-state index in [1.165, 1.54) is 25.3 Å². The van der Waals surface area contributed by atoms with Crippen molar-refractivity contribution in [1.29, 1.82) is 0 Å². The molecule has 0 unspecified atom stereocenters. The molecule has 9 heteroatoms. The molecule has 1 aromatic rings. The molecule has 1 saturated heterocycles. The number of hydrogen-bond donors (Lipinski definition) is 2. The molecule has 0 aliphatic carbocycles. The van der Waals surface area contributed by atoms with Gasteiger partial charge in [-0.05, 0) is 17.7 Å². The van der Waals surface area contributed by atoms with Crippen LogP contribution in [0.15, 0.2) is 17.0 Å². The zero-order valence-corrected chi connectivity index (χ0v) is 13.6. The van der Waals surface area contributed by atoms with Gasteiger partial charge in [0.15, 0.2) is 11.5 Å². The molecule has 2 N–H and O–H groups in total. The van der Waals surface area contributed by atoms with Crippen LogP contribution < -0.4 is 4.74 Å². The normalized spacial score (nSPS) is 16.5. The van der Waals surface area contributed by atoms with Gasteiger partial charge in [0.2, 0.25) is 0 Å². The van der Waals surface area contributed by atoms with Crippen molar-refractivity contribution in [3.63, 3.8) is 0 Å². The molecule has 1 aliphatic rings. The largest absolute Gasteiger partial charge is 0.504 e. The molecule has 2 rings (SSSR count). The second-order valence-electron chi connectivity index (χ2n) is 4.21. The number of ether oxygens (including phenoxy) is 1. The summed E-state index contributed by atoms with van der Waals surface area (Å²) in [7, 11) is 1.39. The van der Waals surface area contributed by atoms with Gasteiger partial charge in [-0.3, -0.25) is 14.5 Å². The number of carboxylic acid groups (broad SMARTS) is 1. The Hall–Kier alpha value is -1.77. The zero-order chi connectivity index (χ0) is 16.4. The molecule has 1 aromatic carbocycles. The van der Waals surface area contributed by atoms with Gasteiger partial charge in [-0.25, -0.2) is 0 Å². The molecule has 0 atom stereocenters. The second kappa shape index (κ2) is 6.55. The quantitative estimate of drug-likeness (QED) is 0.630. The Labute approximate surface area is 140 Å². The van der Waals surface area contributed by atoms with Crippen LogP contribution in [0.25, 0.3) is 6.08 Å². The first kappa shape index (κ1) is 16.6. The van der Waals surface area contributed by atoms with E-state index in [0.29, 0.717) is 5.56 Å². The van der Waals surface area contributed by atoms with Crippen molar-refractivity contribution in [2.45, 2.75) is 0 Å². The summed E-state index contributed by atoms with van der Waals surface area (Å²) >= 11 is 12.0. The number of nitrogens with zero attached hydrogens (tertiary/aromatic N) is 1. The van der Waals surface area contributed by atoms with Gasteiger partial charge in [0.25, 0.3) is 5.91 Å². The third-order valence-corrected chi connectivity index (χ3v) is 4.46. The average molecular weight is 360 g/mol. The standard InChI is InChI=1S/C13H10ClNO5S2/c1-20-9-2-6(7(14)4-8(9)16)3-10-12(19)15(5-11(17)18)13(21)22-10/h2-4,16H,5H2,1H3,(H,17,18). The Morgan fingerprint density at radius 2 is 2.23 bits per heavy atom. The molecule has 1 fully saturated rings. The summed E-state index contributed by atoms with van der Waals surface area (Å²) in [6, 6.07) is 2.77. The molecule has 0 aromatic heterocycles. The minimum Gasteiger partial charge on any atom is -0.504 e. The van der Waals surface area contributed by atoms with Crippen LogP contribution in [0.4, 0.5) is 0 Å². The predicted molar refractivity (Wildman–Crippen MR) is 87.2 cm³/mol. The first-order valence-corrected chi connectivity index (χ1v) is 7.47. The molecule has 1 aliphatic heterocycles. The molecule has 1 amide bonds. The molecule has 0 saturated carbocycles. The minimum atomic E-state index is -1.15. The summed E-state index contributed by atoms with van der Waals surface area (Å²) in [6.45, 7) is -0.491. The van der Waals surface area contributed by atoms with E-state index in [-0.39, 0.29) is 25.7 Å². The second-order valence-corrected chi connectivity index (χ2v) is 6.29. The van der Waals surface area contributed by atoms with E-state index in [4.69, 9.17) is 33.7 Å². The Morgan fingerprint density at radius 1 is 1.55 bits per heavy atom. The summed E-state index contributed by atoms with van der Waals surface area (Å²) in [4.78, 5) is 24.1. The molecular weight excluding hydrogens is 350 g/mol. The highest BCUT2D eigenvalue weighted by molar-refractivity contribution is 8.26. The van der Waals surface area contributed by atoms with Gasteiger partial charge < -0.3 is 14.9 Å². The van der Waals surface area contributed by atoms with Gasteiger partial charge in [0.05, 0.1) is 17.0 Å². The van der Waals surface area contributed by atoms with E-state index in [1.54, 1.807) is 0 Å². The fourth-order valence-electron chi connectivity index (χ4n) is 1.75. The van der Waals surface area contributed by atoms with Crippen LogP contribution in [0.1, 0.15) is 5.56 Å². The van der Waals surface area contributed by atoms with E-state index >= 15 is 0 Å². The van der Waals surface area contributed by atoms with Crippen LogP contribution in [0.3, 0.4) is 0 Å². The van der Waals surface area contributed by atoms with Gasteiger partial charge >= 0.3 is 5.97 Å². The van der Waals surface area contributed by atoms with Crippen LogP contribution >= 0.6 is 35.6 Å². The SMILES string of the molecule is COc1cc(C=C2SC(=S)N(CC(=O)O)C2=O)c(Cl)cc1O. The van der Waals surface area contributed by atoms with Gasteiger partial charge in [-0.2, -0.15) is 0 Å². The Bertz CT molecular complexity index is 704. The fourth-order valence-corrected chi connectivity index (χ4v) is 3.20. The van der Waals surface area contributed by atoms with Crippen molar-refractivity contribution >= 4 is 57.9 Å². The third kappa shape index (κ3) is 3.34. The minimum absolute atomic E-state index is 0.122. The Kier molecular flexibility index (Phi) is 4.94. The lowest BCUT2D eigenvalue weighted by Crippen LogP contribution is -2.33. The van der Waals surface area contributed by atoms with Crippen LogP contribution in [-0.4, -0.2) is 45.0 Å². The van der Waals surface area contributed by atoms with Gasteiger partial charge in [0, 0.05) is 6.07 Å². The van der Waals surface area contributed by atoms with Crippen LogP contribution in [0.5, 0.6) is 11.5 Å². The number of aliphatic carboxylic acids is 1. The summed E-state index contributed by atoms with van der Waals surface area (Å²) in [5.74, 6) is -1.57. The topological polar surface area (TPSA) is 87.1 Å². The monoisotopic (exact) mass is 359 g/mol. The predicted octanol–water partition coefficient (Wildman–Crippen LogP) is 2.34. The maximum absolute atomic E-state index is 12.2. The number of thiocarbonyl (C=S) groups is 1. The van der Waals surface area contributed by atoms with E-state index < -0.39 is 18.4 Å². The average Bonchev–Trinajstić information content (AvgIpc) is 2.69. The zero-order valence-electron chi connectivity index (χ0n) is 11.2. The van der Waals surface area contributed by atoms with Crippen LogP contribution in [0.2, 0.25) is 5.02 Å². The molecule has 22 heavy (non-hydrogen) atoms. The van der Waals surface area contributed by atoms with Crippen molar-refractivity contribution in [2.75, 3.05) is 13.7 Å². The number of phenols is 1. The summed E-state index contributed by atoms with van der Waals surface area (Å²) < 4.78 is 5.15. The van der Waals surface area contributed by atoms with Crippen LogP contribution in [-0.2, 0) is 9.59 Å². The first-order valence-electron chi connectivity index (χ1n) is 5.87. The van der Waals surface area contributed by atoms with E-state index in [0.717, 1.165) is 16.7 Å². The molecule has 0 bridgehead atoms. The first-order chi connectivity index (χ1) is 10.3. The number of aromatic hydroxyl groups is 1. The number of thioether (sulfide) groups is 1. The Balaban J connectivity index is 2.36. The fraction of sp³-hybridized carbons (Fsp3) is 0.154. The van der Waals surface area contributed by atoms with Crippen molar-refractivity contribution in [3.8, 4) is 11.5 Å². The number of phenolic OH excluding ortho intramolecular Hbond substituents is 1. The maximum atomic E-state index is 12.2. The molecule has 1 heterocycles. The number of carboxylic acids is 1. The number of halogens is 1. The number of carbonyl (C=O) groups excluding carboxylic acids is 1. The van der Waals surface area contributed by atoms with E-state index in [9.17, 15) is 14.7 Å². The molecule has 0 spiro atoms. The Morgan fingerprint density at radius 3 is 2.82 bits per heavy atom. The lowest BCUT2D eigenvalue weighted by molar-refractivity contribution is -0.140.